The Morgan fingerprint density at radius 3 is 2.67 bits per heavy atom. The quantitative estimate of drug-likeness (QED) is 0.838. The van der Waals surface area contributed by atoms with Gasteiger partial charge >= 0.3 is 0 Å². The number of hydrogen-bond acceptors (Lipinski definition) is 4. The highest BCUT2D eigenvalue weighted by Gasteiger charge is 2.29. The van der Waals surface area contributed by atoms with Crippen molar-refractivity contribution in [1.82, 2.24) is 9.80 Å². The van der Waals surface area contributed by atoms with Crippen molar-refractivity contribution in [2.45, 2.75) is 38.3 Å². The molecule has 3 aliphatic heterocycles. The summed E-state index contributed by atoms with van der Waals surface area (Å²) in [6.07, 6.45) is 3.52. The Balaban J connectivity index is 1.34. The maximum Gasteiger partial charge on any atom is 0.122 e. The minimum atomic E-state index is -0.569. The summed E-state index contributed by atoms with van der Waals surface area (Å²) in [5, 5.41) is 0. The maximum absolute atomic E-state index is 11.5. The monoisotopic (exact) mass is 348 g/mol. The number of fused-ring (bicyclic) bond motifs is 1. The Hall–Kier alpha value is -0.910. The van der Waals surface area contributed by atoms with E-state index in [1.807, 2.05) is 0 Å². The van der Waals surface area contributed by atoms with Crippen molar-refractivity contribution in [1.29, 1.82) is 0 Å². The SMILES string of the molecule is CC(c1ccc2c(c1)OCC2)N1CCC(N2CCS(=O)CC2)CC1. The number of piperidine rings is 1. The molecule has 0 bridgehead atoms. The standard InChI is InChI=1S/C19H28N2O2S/c1-15(17-3-2-16-6-11-23-19(16)14-17)20-7-4-18(5-8-20)21-9-12-24(22)13-10-21/h2-3,14-15,18H,4-13H2,1H3. The predicted octanol–water partition coefficient (Wildman–Crippen LogP) is 2.21. The van der Waals surface area contributed by atoms with E-state index in [2.05, 4.69) is 34.9 Å². The van der Waals surface area contributed by atoms with E-state index < -0.39 is 10.8 Å². The molecule has 1 atom stereocenters. The molecule has 3 aliphatic rings. The zero-order chi connectivity index (χ0) is 16.5. The number of ether oxygens (including phenoxy) is 1. The van der Waals surface area contributed by atoms with Crippen LogP contribution in [0.3, 0.4) is 0 Å². The first-order valence-corrected chi connectivity index (χ1v) is 10.8. The largest absolute Gasteiger partial charge is 0.493 e. The van der Waals surface area contributed by atoms with Gasteiger partial charge in [0, 0.05) is 67.0 Å². The molecule has 1 aromatic rings. The lowest BCUT2D eigenvalue weighted by atomic mass is 9.98. The molecular weight excluding hydrogens is 320 g/mol. The van der Waals surface area contributed by atoms with Crippen LogP contribution in [0.25, 0.3) is 0 Å². The van der Waals surface area contributed by atoms with E-state index in [0.717, 1.165) is 56.5 Å². The third-order valence-corrected chi connectivity index (χ3v) is 7.25. The Morgan fingerprint density at radius 2 is 1.92 bits per heavy atom. The Labute approximate surface area is 147 Å². The summed E-state index contributed by atoms with van der Waals surface area (Å²) >= 11 is 0. The Morgan fingerprint density at radius 1 is 1.17 bits per heavy atom. The molecule has 0 aromatic heterocycles. The molecule has 1 aromatic carbocycles. The third-order valence-electron chi connectivity index (χ3n) is 5.98. The van der Waals surface area contributed by atoms with Gasteiger partial charge in [0.15, 0.2) is 0 Å². The van der Waals surface area contributed by atoms with Gasteiger partial charge in [-0.25, -0.2) is 0 Å². The normalized spacial score (nSPS) is 25.4. The number of likely N-dealkylation sites (tertiary alicyclic amines) is 1. The van der Waals surface area contributed by atoms with Gasteiger partial charge in [-0.3, -0.25) is 14.0 Å². The summed E-state index contributed by atoms with van der Waals surface area (Å²) in [5.74, 6) is 2.83. The molecule has 0 amide bonds. The molecule has 0 spiro atoms. The average molecular weight is 349 g/mol. The van der Waals surface area contributed by atoms with E-state index in [9.17, 15) is 4.21 Å². The van der Waals surface area contributed by atoms with Gasteiger partial charge in [-0.2, -0.15) is 0 Å². The van der Waals surface area contributed by atoms with E-state index in [-0.39, 0.29) is 0 Å². The van der Waals surface area contributed by atoms with Crippen LogP contribution in [0.15, 0.2) is 18.2 Å². The molecule has 2 saturated heterocycles. The molecule has 5 heteroatoms. The molecule has 0 saturated carbocycles. The van der Waals surface area contributed by atoms with Crippen molar-refractivity contribution in [3.05, 3.63) is 29.3 Å². The summed E-state index contributed by atoms with van der Waals surface area (Å²) in [7, 11) is -0.569. The maximum atomic E-state index is 11.5. The summed E-state index contributed by atoms with van der Waals surface area (Å²) in [6, 6.07) is 7.92. The van der Waals surface area contributed by atoms with E-state index in [1.54, 1.807) is 0 Å². The topological polar surface area (TPSA) is 32.8 Å². The highest BCUT2D eigenvalue weighted by atomic mass is 32.2. The van der Waals surface area contributed by atoms with Crippen LogP contribution in [0.5, 0.6) is 5.75 Å². The number of hydrogen-bond donors (Lipinski definition) is 0. The number of nitrogens with zero attached hydrogens (tertiary/aromatic N) is 2. The van der Waals surface area contributed by atoms with Gasteiger partial charge in [-0.1, -0.05) is 12.1 Å². The summed E-state index contributed by atoms with van der Waals surface area (Å²) in [4.78, 5) is 5.18. The van der Waals surface area contributed by atoms with Gasteiger partial charge in [0.2, 0.25) is 0 Å². The highest BCUT2D eigenvalue weighted by Crippen LogP contribution is 2.32. The van der Waals surface area contributed by atoms with Crippen LogP contribution in [-0.4, -0.2) is 64.3 Å². The third kappa shape index (κ3) is 3.39. The van der Waals surface area contributed by atoms with Gasteiger partial charge in [0.05, 0.1) is 6.61 Å². The van der Waals surface area contributed by atoms with Gasteiger partial charge in [0.1, 0.15) is 5.75 Å². The van der Waals surface area contributed by atoms with Crippen molar-refractivity contribution < 1.29 is 8.95 Å². The Bertz CT molecular complexity index is 603. The van der Waals surface area contributed by atoms with Crippen molar-refractivity contribution in [3.63, 3.8) is 0 Å². The molecule has 0 radical (unpaired) electrons. The van der Waals surface area contributed by atoms with E-state index in [0.29, 0.717) is 12.1 Å². The minimum absolute atomic E-state index is 0.453. The second-order valence-corrected chi connectivity index (χ2v) is 8.99. The molecule has 4 nitrogen and oxygen atoms in total. The molecule has 1 unspecified atom stereocenters. The zero-order valence-corrected chi connectivity index (χ0v) is 15.4. The van der Waals surface area contributed by atoms with Crippen molar-refractivity contribution >= 4 is 10.8 Å². The Kier molecular flexibility index (Phi) is 4.93. The lowest BCUT2D eigenvalue weighted by molar-refractivity contribution is 0.0931. The van der Waals surface area contributed by atoms with Gasteiger partial charge in [-0.15, -0.1) is 0 Å². The van der Waals surface area contributed by atoms with E-state index in [1.165, 1.54) is 24.0 Å². The first kappa shape index (κ1) is 16.6. The molecular formula is C19H28N2O2S. The number of rotatable bonds is 3. The van der Waals surface area contributed by atoms with Crippen molar-refractivity contribution in [3.8, 4) is 5.75 Å². The highest BCUT2D eigenvalue weighted by molar-refractivity contribution is 7.85. The van der Waals surface area contributed by atoms with Crippen LogP contribution in [0, 0.1) is 0 Å². The summed E-state index contributed by atoms with van der Waals surface area (Å²) in [6.45, 7) is 7.51. The smallest absolute Gasteiger partial charge is 0.122 e. The summed E-state index contributed by atoms with van der Waals surface area (Å²) < 4.78 is 17.3. The van der Waals surface area contributed by atoms with Gasteiger partial charge in [0.25, 0.3) is 0 Å². The van der Waals surface area contributed by atoms with Crippen LogP contribution < -0.4 is 4.74 Å². The van der Waals surface area contributed by atoms with E-state index in [4.69, 9.17) is 4.74 Å². The molecule has 3 heterocycles. The van der Waals surface area contributed by atoms with Crippen molar-refractivity contribution in [2.75, 3.05) is 44.3 Å². The second-order valence-electron chi connectivity index (χ2n) is 7.29. The molecule has 132 valence electrons. The summed E-state index contributed by atoms with van der Waals surface area (Å²) in [5.41, 5.74) is 2.73. The molecule has 24 heavy (non-hydrogen) atoms. The lowest BCUT2D eigenvalue weighted by Crippen LogP contribution is -2.49. The first-order valence-electron chi connectivity index (χ1n) is 9.29. The molecule has 0 aliphatic carbocycles. The fourth-order valence-electron chi connectivity index (χ4n) is 4.31. The van der Waals surface area contributed by atoms with Crippen molar-refractivity contribution in [2.24, 2.45) is 0 Å². The van der Waals surface area contributed by atoms with Gasteiger partial charge < -0.3 is 4.74 Å². The molecule has 2 fully saturated rings. The lowest BCUT2D eigenvalue weighted by Gasteiger charge is -2.42. The fourth-order valence-corrected chi connectivity index (χ4v) is 5.39. The van der Waals surface area contributed by atoms with Crippen LogP contribution in [0.1, 0.15) is 36.9 Å². The molecule has 0 N–H and O–H groups in total. The zero-order valence-electron chi connectivity index (χ0n) is 14.6. The van der Waals surface area contributed by atoms with Crippen LogP contribution >= 0.6 is 0 Å². The number of benzene rings is 1. The minimum Gasteiger partial charge on any atom is -0.493 e. The molecule has 4 rings (SSSR count). The van der Waals surface area contributed by atoms with Crippen LogP contribution in [0.2, 0.25) is 0 Å². The van der Waals surface area contributed by atoms with Crippen LogP contribution in [0.4, 0.5) is 0 Å². The predicted molar refractivity (Wildman–Crippen MR) is 98.1 cm³/mol. The van der Waals surface area contributed by atoms with Crippen LogP contribution in [-0.2, 0) is 17.2 Å². The average Bonchev–Trinajstić information content (AvgIpc) is 3.09. The van der Waals surface area contributed by atoms with E-state index >= 15 is 0 Å². The second kappa shape index (κ2) is 7.14. The first-order chi connectivity index (χ1) is 11.7. The fraction of sp³-hybridized carbons (Fsp3) is 0.684. The van der Waals surface area contributed by atoms with Gasteiger partial charge in [-0.05, 0) is 37.0 Å².